The number of halogens is 1. The van der Waals surface area contributed by atoms with E-state index in [0.717, 1.165) is 5.56 Å². The molecular weight excluding hydrogens is 416 g/mol. The van der Waals surface area contributed by atoms with Crippen LogP contribution in [0.25, 0.3) is 0 Å². The molecule has 31 heavy (non-hydrogen) atoms. The van der Waals surface area contributed by atoms with E-state index in [1.807, 2.05) is 26.0 Å². The molecular formula is C24H21ClN2O4. The van der Waals surface area contributed by atoms with Crippen LogP contribution in [0.2, 0.25) is 5.02 Å². The predicted octanol–water partition coefficient (Wildman–Crippen LogP) is 5.03. The second-order valence-corrected chi connectivity index (χ2v) is 6.99. The molecule has 0 saturated heterocycles. The van der Waals surface area contributed by atoms with Gasteiger partial charge in [0.25, 0.3) is 5.91 Å². The SMILES string of the molecule is CCOc1cc(/C=N/NC(=O)c2ccccc2C)ccc1OC(=O)c1ccc(Cl)cc1. The number of hydrogen-bond acceptors (Lipinski definition) is 5. The van der Waals surface area contributed by atoms with Gasteiger partial charge in [-0.2, -0.15) is 5.10 Å². The quantitative estimate of drug-likeness (QED) is 0.244. The summed E-state index contributed by atoms with van der Waals surface area (Å²) in [5.74, 6) is -0.153. The maximum atomic E-state index is 12.4. The Hall–Kier alpha value is -3.64. The number of esters is 1. The lowest BCUT2D eigenvalue weighted by Crippen LogP contribution is -2.18. The molecule has 6 nitrogen and oxygen atoms in total. The van der Waals surface area contributed by atoms with E-state index < -0.39 is 5.97 Å². The standard InChI is InChI=1S/C24H21ClN2O4/c1-3-30-22-14-17(15-26-27-23(28)20-7-5-4-6-16(20)2)8-13-21(22)31-24(29)18-9-11-19(25)12-10-18/h4-15H,3H2,1-2H3,(H,27,28)/b26-15+. The average Bonchev–Trinajstić information content (AvgIpc) is 2.76. The van der Waals surface area contributed by atoms with E-state index in [1.165, 1.54) is 6.21 Å². The molecule has 0 aliphatic heterocycles. The Kier molecular flexibility index (Phi) is 7.40. The minimum atomic E-state index is -0.524. The van der Waals surface area contributed by atoms with Gasteiger partial charge >= 0.3 is 5.97 Å². The molecule has 0 bridgehead atoms. The van der Waals surface area contributed by atoms with Crippen LogP contribution in [0, 0.1) is 6.92 Å². The first-order valence-electron chi connectivity index (χ1n) is 9.61. The third-order valence-electron chi connectivity index (χ3n) is 4.32. The lowest BCUT2D eigenvalue weighted by atomic mass is 10.1. The number of carbonyl (C=O) groups is 2. The van der Waals surface area contributed by atoms with Gasteiger partial charge in [0, 0.05) is 10.6 Å². The molecule has 1 amide bonds. The summed E-state index contributed by atoms with van der Waals surface area (Å²) in [6.45, 7) is 4.07. The molecule has 0 aliphatic carbocycles. The van der Waals surface area contributed by atoms with Crippen molar-refractivity contribution in [2.45, 2.75) is 13.8 Å². The van der Waals surface area contributed by atoms with Crippen LogP contribution in [-0.4, -0.2) is 24.7 Å². The Morgan fingerprint density at radius 3 is 2.48 bits per heavy atom. The van der Waals surface area contributed by atoms with E-state index >= 15 is 0 Å². The summed E-state index contributed by atoms with van der Waals surface area (Å²) in [4.78, 5) is 24.6. The number of ether oxygens (including phenoxy) is 2. The van der Waals surface area contributed by atoms with Crippen LogP contribution in [0.5, 0.6) is 11.5 Å². The van der Waals surface area contributed by atoms with Gasteiger partial charge in [-0.3, -0.25) is 4.79 Å². The molecule has 3 aromatic carbocycles. The van der Waals surface area contributed by atoms with Crippen LogP contribution in [0.4, 0.5) is 0 Å². The molecule has 3 aromatic rings. The van der Waals surface area contributed by atoms with Crippen molar-refractivity contribution < 1.29 is 19.1 Å². The second-order valence-electron chi connectivity index (χ2n) is 6.55. The highest BCUT2D eigenvalue weighted by atomic mass is 35.5. The molecule has 0 fully saturated rings. The zero-order valence-corrected chi connectivity index (χ0v) is 17.8. The average molecular weight is 437 g/mol. The van der Waals surface area contributed by atoms with Crippen molar-refractivity contribution >= 4 is 29.7 Å². The Morgan fingerprint density at radius 2 is 1.77 bits per heavy atom. The fraction of sp³-hybridized carbons (Fsp3) is 0.125. The summed E-state index contributed by atoms with van der Waals surface area (Å²) in [5, 5.41) is 4.54. The smallest absolute Gasteiger partial charge is 0.343 e. The third kappa shape index (κ3) is 5.93. The van der Waals surface area contributed by atoms with Gasteiger partial charge in [-0.15, -0.1) is 0 Å². The first kappa shape index (κ1) is 22.1. The van der Waals surface area contributed by atoms with Gasteiger partial charge in [-0.1, -0.05) is 29.8 Å². The maximum absolute atomic E-state index is 12.4. The minimum absolute atomic E-state index is 0.280. The first-order chi connectivity index (χ1) is 15.0. The van der Waals surface area contributed by atoms with Crippen LogP contribution >= 0.6 is 11.6 Å². The highest BCUT2D eigenvalue weighted by Gasteiger charge is 2.13. The summed E-state index contributed by atoms with van der Waals surface area (Å²) in [7, 11) is 0. The van der Waals surface area contributed by atoms with Crippen LogP contribution in [0.3, 0.4) is 0 Å². The van der Waals surface area contributed by atoms with Crippen LogP contribution in [0.1, 0.15) is 38.8 Å². The van der Waals surface area contributed by atoms with E-state index in [1.54, 1.807) is 54.6 Å². The van der Waals surface area contributed by atoms with E-state index in [2.05, 4.69) is 10.5 Å². The molecule has 3 rings (SSSR count). The number of nitrogens with one attached hydrogen (secondary N) is 1. The van der Waals surface area contributed by atoms with Crippen molar-refractivity contribution in [3.63, 3.8) is 0 Å². The van der Waals surface area contributed by atoms with Gasteiger partial charge < -0.3 is 9.47 Å². The van der Waals surface area contributed by atoms with Crippen molar-refractivity contribution in [1.29, 1.82) is 0 Å². The number of amides is 1. The molecule has 0 unspecified atom stereocenters. The Labute approximate surface area is 185 Å². The zero-order valence-electron chi connectivity index (χ0n) is 17.1. The first-order valence-corrected chi connectivity index (χ1v) is 9.99. The van der Waals surface area contributed by atoms with Crippen molar-refractivity contribution in [1.82, 2.24) is 5.43 Å². The van der Waals surface area contributed by atoms with Crippen molar-refractivity contribution in [3.05, 3.63) is 94.0 Å². The number of nitrogens with zero attached hydrogens (tertiary/aromatic N) is 1. The zero-order chi connectivity index (χ0) is 22.2. The molecule has 0 spiro atoms. The lowest BCUT2D eigenvalue weighted by Gasteiger charge is -2.11. The van der Waals surface area contributed by atoms with E-state index in [4.69, 9.17) is 21.1 Å². The van der Waals surface area contributed by atoms with Gasteiger partial charge in [0.1, 0.15) is 0 Å². The summed E-state index contributed by atoms with van der Waals surface area (Å²) in [6, 6.07) is 18.7. The van der Waals surface area contributed by atoms with Gasteiger partial charge in [-0.05, 0) is 73.5 Å². The maximum Gasteiger partial charge on any atom is 0.343 e. The van der Waals surface area contributed by atoms with Gasteiger partial charge in [0.2, 0.25) is 0 Å². The summed E-state index contributed by atoms with van der Waals surface area (Å²) >= 11 is 5.85. The number of benzene rings is 3. The summed E-state index contributed by atoms with van der Waals surface area (Å²) in [6.07, 6.45) is 1.49. The van der Waals surface area contributed by atoms with Gasteiger partial charge in [0.15, 0.2) is 11.5 Å². The number of rotatable bonds is 7. The Bertz CT molecular complexity index is 1110. The molecule has 0 saturated carbocycles. The number of hydrazone groups is 1. The van der Waals surface area contributed by atoms with Crippen LogP contribution in [-0.2, 0) is 0 Å². The van der Waals surface area contributed by atoms with Crippen molar-refractivity contribution in [3.8, 4) is 11.5 Å². The van der Waals surface area contributed by atoms with Crippen LogP contribution in [0.15, 0.2) is 71.8 Å². The fourth-order valence-electron chi connectivity index (χ4n) is 2.76. The topological polar surface area (TPSA) is 77.0 Å². The van der Waals surface area contributed by atoms with E-state index in [-0.39, 0.29) is 11.7 Å². The van der Waals surface area contributed by atoms with Gasteiger partial charge in [0.05, 0.1) is 18.4 Å². The molecule has 158 valence electrons. The lowest BCUT2D eigenvalue weighted by molar-refractivity contribution is 0.0728. The monoisotopic (exact) mass is 436 g/mol. The number of aryl methyl sites for hydroxylation is 1. The number of hydrogen-bond donors (Lipinski definition) is 1. The summed E-state index contributed by atoms with van der Waals surface area (Å²) < 4.78 is 11.1. The molecule has 0 aliphatic rings. The van der Waals surface area contributed by atoms with E-state index in [0.29, 0.717) is 34.1 Å². The van der Waals surface area contributed by atoms with Gasteiger partial charge in [-0.25, -0.2) is 10.2 Å². The van der Waals surface area contributed by atoms with Crippen molar-refractivity contribution in [2.24, 2.45) is 5.10 Å². The molecule has 0 aromatic heterocycles. The van der Waals surface area contributed by atoms with Crippen LogP contribution < -0.4 is 14.9 Å². The Balaban J connectivity index is 1.71. The highest BCUT2D eigenvalue weighted by molar-refractivity contribution is 6.30. The Morgan fingerprint density at radius 1 is 1.03 bits per heavy atom. The third-order valence-corrected chi connectivity index (χ3v) is 4.57. The normalized spacial score (nSPS) is 10.7. The predicted molar refractivity (Wildman–Crippen MR) is 120 cm³/mol. The fourth-order valence-corrected chi connectivity index (χ4v) is 2.88. The number of carbonyl (C=O) groups excluding carboxylic acids is 2. The minimum Gasteiger partial charge on any atom is -0.490 e. The highest BCUT2D eigenvalue weighted by Crippen LogP contribution is 2.29. The molecule has 0 heterocycles. The molecule has 0 atom stereocenters. The second kappa shape index (κ2) is 10.4. The molecule has 0 radical (unpaired) electrons. The summed E-state index contributed by atoms with van der Waals surface area (Å²) in [5.41, 5.74) is 4.96. The molecule has 1 N–H and O–H groups in total. The van der Waals surface area contributed by atoms with E-state index in [9.17, 15) is 9.59 Å². The molecule has 7 heteroatoms. The largest absolute Gasteiger partial charge is 0.490 e. The van der Waals surface area contributed by atoms with Crippen molar-refractivity contribution in [2.75, 3.05) is 6.61 Å².